The first kappa shape index (κ1) is 14.4. The Bertz CT molecular complexity index is 686. The van der Waals surface area contributed by atoms with Gasteiger partial charge in [-0.1, -0.05) is 0 Å². The first-order valence-corrected chi connectivity index (χ1v) is 5.86. The average Bonchev–Trinajstić information content (AvgIpc) is 2.93. The molecular formula is C12H12FN5O3. The van der Waals surface area contributed by atoms with Crippen LogP contribution in [0.1, 0.15) is 15.9 Å². The highest BCUT2D eigenvalue weighted by Crippen LogP contribution is 2.25. The van der Waals surface area contributed by atoms with Gasteiger partial charge in [0.1, 0.15) is 5.56 Å². The van der Waals surface area contributed by atoms with E-state index in [1.165, 1.54) is 18.1 Å². The van der Waals surface area contributed by atoms with E-state index in [1.807, 2.05) is 0 Å². The Balaban J connectivity index is 2.33. The maximum Gasteiger partial charge on any atom is 0.285 e. The number of anilines is 1. The lowest BCUT2D eigenvalue weighted by Crippen LogP contribution is -2.27. The van der Waals surface area contributed by atoms with E-state index in [9.17, 15) is 19.3 Å². The molecule has 1 amide bonds. The summed E-state index contributed by atoms with van der Waals surface area (Å²) in [6.45, 7) is 0.198. The summed E-state index contributed by atoms with van der Waals surface area (Å²) >= 11 is 0. The average molecular weight is 293 g/mol. The fourth-order valence-corrected chi connectivity index (χ4v) is 1.82. The summed E-state index contributed by atoms with van der Waals surface area (Å²) in [5.74, 6) is -1.56. The second kappa shape index (κ2) is 5.57. The monoisotopic (exact) mass is 293 g/mol. The molecule has 0 aliphatic heterocycles. The minimum Gasteiger partial charge on any atom is -0.396 e. The van der Waals surface area contributed by atoms with Crippen LogP contribution in [0.25, 0.3) is 0 Å². The molecule has 2 aromatic rings. The lowest BCUT2D eigenvalue weighted by atomic mass is 10.1. The molecule has 21 heavy (non-hydrogen) atoms. The summed E-state index contributed by atoms with van der Waals surface area (Å²) in [7, 11) is 1.47. The maximum atomic E-state index is 13.3. The summed E-state index contributed by atoms with van der Waals surface area (Å²) in [6.07, 6.45) is 3.12. The van der Waals surface area contributed by atoms with Crippen molar-refractivity contribution in [3.63, 3.8) is 0 Å². The van der Waals surface area contributed by atoms with E-state index in [0.717, 1.165) is 11.6 Å². The van der Waals surface area contributed by atoms with Gasteiger partial charge >= 0.3 is 0 Å². The number of nitro benzene ring substituents is 1. The third-order valence-corrected chi connectivity index (χ3v) is 2.86. The number of carbonyl (C=O) groups is 1. The lowest BCUT2D eigenvalue weighted by molar-refractivity contribution is -0.385. The molecule has 1 aromatic carbocycles. The summed E-state index contributed by atoms with van der Waals surface area (Å²) in [6, 6.07) is 1.62. The number of nitrogens with one attached hydrogen (secondary N) is 1. The van der Waals surface area contributed by atoms with Crippen molar-refractivity contribution in [1.82, 2.24) is 15.1 Å². The van der Waals surface area contributed by atoms with Crippen LogP contribution in [-0.4, -0.2) is 33.0 Å². The molecule has 0 spiro atoms. The van der Waals surface area contributed by atoms with Crippen LogP contribution in [0.3, 0.4) is 0 Å². The molecule has 9 heteroatoms. The molecule has 8 nitrogen and oxygen atoms in total. The zero-order valence-electron chi connectivity index (χ0n) is 11.0. The predicted octanol–water partition coefficient (Wildman–Crippen LogP) is 1.31. The number of hydrogen-bond acceptors (Lipinski definition) is 5. The van der Waals surface area contributed by atoms with Crippen molar-refractivity contribution in [2.24, 2.45) is 0 Å². The molecule has 0 fully saturated rings. The number of hydrogen-bond donors (Lipinski definition) is 2. The summed E-state index contributed by atoms with van der Waals surface area (Å²) in [4.78, 5) is 23.7. The molecular weight excluding hydrogens is 281 g/mol. The molecule has 2 rings (SSSR count). The Morgan fingerprint density at radius 2 is 2.29 bits per heavy atom. The highest BCUT2D eigenvalue weighted by atomic mass is 19.1. The van der Waals surface area contributed by atoms with Crippen molar-refractivity contribution in [3.8, 4) is 0 Å². The fourth-order valence-electron chi connectivity index (χ4n) is 1.82. The van der Waals surface area contributed by atoms with Crippen LogP contribution in [0.2, 0.25) is 0 Å². The molecule has 0 saturated carbocycles. The van der Waals surface area contributed by atoms with Crippen LogP contribution in [0, 0.1) is 15.9 Å². The number of nitro groups is 1. The maximum absolute atomic E-state index is 13.3. The first-order chi connectivity index (χ1) is 9.90. The number of amides is 1. The zero-order chi connectivity index (χ0) is 15.6. The van der Waals surface area contributed by atoms with Gasteiger partial charge in [-0.15, -0.1) is 0 Å². The van der Waals surface area contributed by atoms with Crippen molar-refractivity contribution < 1.29 is 14.1 Å². The van der Waals surface area contributed by atoms with Crippen molar-refractivity contribution in [3.05, 3.63) is 51.6 Å². The number of H-pyrrole nitrogens is 1. The van der Waals surface area contributed by atoms with Gasteiger partial charge in [-0.3, -0.25) is 20.0 Å². The van der Waals surface area contributed by atoms with Gasteiger partial charge in [0.05, 0.1) is 22.9 Å². The van der Waals surface area contributed by atoms with E-state index >= 15 is 0 Å². The number of benzene rings is 1. The molecule has 0 aliphatic rings. The standard InChI is InChI=1S/C12H12FN5O3/c1-17(6-7-4-15-16-5-7)12(19)8-2-10(14)9(13)3-11(8)18(20)21/h2-5H,6,14H2,1H3,(H,15,16). The summed E-state index contributed by atoms with van der Waals surface area (Å²) in [5.41, 5.74) is 4.91. The van der Waals surface area contributed by atoms with Crippen LogP contribution in [0.5, 0.6) is 0 Å². The molecule has 0 atom stereocenters. The molecule has 0 radical (unpaired) electrons. The summed E-state index contributed by atoms with van der Waals surface area (Å²) < 4.78 is 13.3. The largest absolute Gasteiger partial charge is 0.396 e. The third-order valence-electron chi connectivity index (χ3n) is 2.86. The van der Waals surface area contributed by atoms with Crippen molar-refractivity contribution in [2.75, 3.05) is 12.8 Å². The van der Waals surface area contributed by atoms with Crippen molar-refractivity contribution >= 4 is 17.3 Å². The van der Waals surface area contributed by atoms with E-state index in [1.54, 1.807) is 6.20 Å². The highest BCUT2D eigenvalue weighted by Gasteiger charge is 2.25. The number of halogens is 1. The van der Waals surface area contributed by atoms with Gasteiger partial charge in [-0.25, -0.2) is 4.39 Å². The molecule has 110 valence electrons. The van der Waals surface area contributed by atoms with Crippen LogP contribution >= 0.6 is 0 Å². The fraction of sp³-hybridized carbons (Fsp3) is 0.167. The normalized spacial score (nSPS) is 10.4. The number of nitrogens with two attached hydrogens (primary N) is 1. The molecule has 0 unspecified atom stereocenters. The Labute approximate surface area is 118 Å². The van der Waals surface area contributed by atoms with Crippen molar-refractivity contribution in [2.45, 2.75) is 6.54 Å². The molecule has 3 N–H and O–H groups in total. The van der Waals surface area contributed by atoms with Gasteiger partial charge in [0, 0.05) is 25.4 Å². The van der Waals surface area contributed by atoms with Crippen LogP contribution in [0.15, 0.2) is 24.5 Å². The molecule has 1 heterocycles. The van der Waals surface area contributed by atoms with E-state index in [4.69, 9.17) is 5.73 Å². The van der Waals surface area contributed by atoms with Crippen molar-refractivity contribution in [1.29, 1.82) is 0 Å². The van der Waals surface area contributed by atoms with Gasteiger partial charge in [-0.05, 0) is 6.07 Å². The van der Waals surface area contributed by atoms with Gasteiger partial charge in [-0.2, -0.15) is 5.10 Å². The van der Waals surface area contributed by atoms with E-state index < -0.39 is 22.3 Å². The van der Waals surface area contributed by atoms with E-state index in [0.29, 0.717) is 6.07 Å². The number of aromatic amines is 1. The first-order valence-electron chi connectivity index (χ1n) is 5.86. The van der Waals surface area contributed by atoms with Gasteiger partial charge < -0.3 is 10.6 Å². The number of nitrogen functional groups attached to an aromatic ring is 1. The Hall–Kier alpha value is -2.97. The Morgan fingerprint density at radius 3 is 2.86 bits per heavy atom. The second-order valence-electron chi connectivity index (χ2n) is 4.42. The Kier molecular flexibility index (Phi) is 3.83. The predicted molar refractivity (Wildman–Crippen MR) is 71.9 cm³/mol. The minimum atomic E-state index is -0.935. The van der Waals surface area contributed by atoms with E-state index in [2.05, 4.69) is 10.2 Å². The van der Waals surface area contributed by atoms with Crippen LogP contribution < -0.4 is 5.73 Å². The lowest BCUT2D eigenvalue weighted by Gasteiger charge is -2.16. The highest BCUT2D eigenvalue weighted by molar-refractivity contribution is 5.98. The molecule has 1 aromatic heterocycles. The number of aromatic nitrogens is 2. The van der Waals surface area contributed by atoms with E-state index in [-0.39, 0.29) is 17.8 Å². The van der Waals surface area contributed by atoms with Gasteiger partial charge in [0.15, 0.2) is 5.82 Å². The molecule has 0 bridgehead atoms. The smallest absolute Gasteiger partial charge is 0.285 e. The zero-order valence-corrected chi connectivity index (χ0v) is 11.0. The topological polar surface area (TPSA) is 118 Å². The number of rotatable bonds is 4. The Morgan fingerprint density at radius 1 is 1.57 bits per heavy atom. The second-order valence-corrected chi connectivity index (χ2v) is 4.42. The van der Waals surface area contributed by atoms with Gasteiger partial charge in [0.25, 0.3) is 11.6 Å². The van der Waals surface area contributed by atoms with Gasteiger partial charge in [0.2, 0.25) is 0 Å². The number of carbonyl (C=O) groups excluding carboxylic acids is 1. The molecule has 0 saturated heterocycles. The van der Waals surface area contributed by atoms with Crippen LogP contribution in [0.4, 0.5) is 15.8 Å². The third kappa shape index (κ3) is 2.96. The SMILES string of the molecule is CN(Cc1cn[nH]c1)C(=O)c1cc(N)c(F)cc1[N+](=O)[O-]. The number of nitrogens with zero attached hydrogens (tertiary/aromatic N) is 3. The quantitative estimate of drug-likeness (QED) is 0.500. The summed E-state index contributed by atoms with van der Waals surface area (Å²) in [5, 5.41) is 17.3. The molecule has 0 aliphatic carbocycles. The minimum absolute atomic E-state index is 0.198. The van der Waals surface area contributed by atoms with Crippen LogP contribution in [-0.2, 0) is 6.54 Å².